The number of pyridine rings is 1. The number of halogens is 1. The van der Waals surface area contributed by atoms with Crippen LogP contribution in [0.5, 0.6) is 0 Å². The van der Waals surface area contributed by atoms with Crippen molar-refractivity contribution in [2.45, 2.75) is 13.8 Å². The molecule has 6 nitrogen and oxygen atoms in total. The molecule has 142 valence electrons. The van der Waals surface area contributed by atoms with Crippen LogP contribution in [0.4, 0.5) is 5.69 Å². The van der Waals surface area contributed by atoms with Gasteiger partial charge in [-0.1, -0.05) is 17.7 Å². The third-order valence-corrected chi connectivity index (χ3v) is 5.00. The fourth-order valence-electron chi connectivity index (χ4n) is 3.12. The lowest BCUT2D eigenvalue weighted by atomic mass is 10.1. The van der Waals surface area contributed by atoms with Gasteiger partial charge in [0.15, 0.2) is 0 Å². The number of rotatable bonds is 3. The fraction of sp³-hybridized carbons (Fsp3) is 0.350. The summed E-state index contributed by atoms with van der Waals surface area (Å²) >= 11 is 6.27. The van der Waals surface area contributed by atoms with Gasteiger partial charge in [-0.05, 0) is 50.2 Å². The van der Waals surface area contributed by atoms with Gasteiger partial charge in [0, 0.05) is 37.9 Å². The van der Waals surface area contributed by atoms with E-state index in [4.69, 9.17) is 11.6 Å². The number of carbonyl (C=O) groups excluding carboxylic acids is 2. The van der Waals surface area contributed by atoms with E-state index in [0.717, 1.165) is 24.2 Å². The Labute approximate surface area is 164 Å². The summed E-state index contributed by atoms with van der Waals surface area (Å²) in [6.45, 7) is 6.82. The predicted molar refractivity (Wildman–Crippen MR) is 107 cm³/mol. The van der Waals surface area contributed by atoms with E-state index in [1.165, 1.54) is 12.3 Å². The highest BCUT2D eigenvalue weighted by Crippen LogP contribution is 2.27. The monoisotopic (exact) mass is 386 g/mol. The second-order valence-corrected chi connectivity index (χ2v) is 7.33. The highest BCUT2D eigenvalue weighted by molar-refractivity contribution is 6.34. The van der Waals surface area contributed by atoms with Crippen LogP contribution in [0, 0.1) is 13.8 Å². The Hall–Kier alpha value is -2.44. The maximum Gasteiger partial charge on any atom is 0.272 e. The Morgan fingerprint density at radius 1 is 1.11 bits per heavy atom. The van der Waals surface area contributed by atoms with E-state index in [-0.39, 0.29) is 17.5 Å². The Bertz CT molecular complexity index is 853. The first kappa shape index (κ1) is 19.3. The van der Waals surface area contributed by atoms with Gasteiger partial charge in [-0.3, -0.25) is 14.6 Å². The number of aryl methyl sites for hydroxylation is 2. The number of likely N-dealkylation sites (N-methyl/N-ethyl adjacent to an activating group) is 1. The largest absolute Gasteiger partial charge is 0.335 e. The fourth-order valence-corrected chi connectivity index (χ4v) is 3.49. The van der Waals surface area contributed by atoms with E-state index in [1.807, 2.05) is 27.0 Å². The number of carbonyl (C=O) groups is 2. The lowest BCUT2D eigenvalue weighted by molar-refractivity contribution is 0.0658. The number of nitrogens with zero attached hydrogens (tertiary/aromatic N) is 3. The summed E-state index contributed by atoms with van der Waals surface area (Å²) in [6, 6.07) is 6.89. The first-order valence-corrected chi connectivity index (χ1v) is 9.25. The Morgan fingerprint density at radius 3 is 2.48 bits per heavy atom. The van der Waals surface area contributed by atoms with Crippen molar-refractivity contribution in [3.63, 3.8) is 0 Å². The van der Waals surface area contributed by atoms with Gasteiger partial charge in [-0.2, -0.15) is 0 Å². The molecule has 7 heteroatoms. The van der Waals surface area contributed by atoms with Gasteiger partial charge >= 0.3 is 0 Å². The normalized spacial score (nSPS) is 14.9. The molecule has 0 bridgehead atoms. The molecule has 2 aromatic rings. The topological polar surface area (TPSA) is 65.5 Å². The molecule has 0 saturated carbocycles. The molecule has 3 rings (SSSR count). The molecule has 1 aromatic heterocycles. The quantitative estimate of drug-likeness (QED) is 0.880. The lowest BCUT2D eigenvalue weighted by Crippen LogP contribution is -2.47. The molecular weight excluding hydrogens is 364 g/mol. The van der Waals surface area contributed by atoms with Crippen molar-refractivity contribution in [3.8, 4) is 0 Å². The van der Waals surface area contributed by atoms with E-state index < -0.39 is 0 Å². The maximum absolute atomic E-state index is 12.7. The SMILES string of the molecule is Cc1cc(C)c(NC(=O)c2ccnc(C(=O)N3CCN(C)CC3)c2)c(Cl)c1. The highest BCUT2D eigenvalue weighted by atomic mass is 35.5. The van der Waals surface area contributed by atoms with E-state index in [1.54, 1.807) is 17.0 Å². The number of nitrogens with one attached hydrogen (secondary N) is 1. The van der Waals surface area contributed by atoms with Crippen molar-refractivity contribution in [2.75, 3.05) is 38.5 Å². The van der Waals surface area contributed by atoms with Crippen molar-refractivity contribution in [1.29, 1.82) is 0 Å². The number of hydrogen-bond donors (Lipinski definition) is 1. The second kappa shape index (κ2) is 8.06. The van der Waals surface area contributed by atoms with Gasteiger partial charge in [0.25, 0.3) is 11.8 Å². The van der Waals surface area contributed by atoms with Gasteiger partial charge in [-0.15, -0.1) is 0 Å². The van der Waals surface area contributed by atoms with Gasteiger partial charge in [-0.25, -0.2) is 0 Å². The third kappa shape index (κ3) is 4.46. The molecule has 1 aromatic carbocycles. The van der Waals surface area contributed by atoms with E-state index >= 15 is 0 Å². The minimum Gasteiger partial charge on any atom is -0.335 e. The molecule has 1 saturated heterocycles. The highest BCUT2D eigenvalue weighted by Gasteiger charge is 2.22. The van der Waals surface area contributed by atoms with Crippen LogP contribution in [0.25, 0.3) is 0 Å². The van der Waals surface area contributed by atoms with Crippen LogP contribution in [0.1, 0.15) is 32.0 Å². The van der Waals surface area contributed by atoms with Crippen LogP contribution in [-0.4, -0.2) is 59.8 Å². The average Bonchev–Trinajstić information content (AvgIpc) is 2.64. The van der Waals surface area contributed by atoms with E-state index in [2.05, 4.69) is 15.2 Å². The van der Waals surface area contributed by atoms with Crippen LogP contribution in [0.2, 0.25) is 5.02 Å². The minimum absolute atomic E-state index is 0.151. The second-order valence-electron chi connectivity index (χ2n) is 6.92. The average molecular weight is 387 g/mol. The molecule has 1 fully saturated rings. The summed E-state index contributed by atoms with van der Waals surface area (Å²) in [6.07, 6.45) is 1.49. The van der Waals surface area contributed by atoms with Crippen molar-refractivity contribution in [1.82, 2.24) is 14.8 Å². The van der Waals surface area contributed by atoms with Crippen LogP contribution in [0.3, 0.4) is 0 Å². The third-order valence-electron chi connectivity index (χ3n) is 4.70. The Balaban J connectivity index is 1.77. The molecule has 0 aliphatic carbocycles. The number of piperazine rings is 1. The van der Waals surface area contributed by atoms with Crippen molar-refractivity contribution in [3.05, 3.63) is 57.9 Å². The van der Waals surface area contributed by atoms with Crippen LogP contribution < -0.4 is 5.32 Å². The Morgan fingerprint density at radius 2 is 1.81 bits per heavy atom. The first-order chi connectivity index (χ1) is 12.8. The van der Waals surface area contributed by atoms with Crippen LogP contribution in [0.15, 0.2) is 30.5 Å². The zero-order valence-corrected chi connectivity index (χ0v) is 16.5. The summed E-state index contributed by atoms with van der Waals surface area (Å²) in [5.74, 6) is -0.471. The maximum atomic E-state index is 12.7. The number of anilines is 1. The predicted octanol–water partition coefficient (Wildman–Crippen LogP) is 2.99. The van der Waals surface area contributed by atoms with Crippen molar-refractivity contribution < 1.29 is 9.59 Å². The van der Waals surface area contributed by atoms with Crippen LogP contribution >= 0.6 is 11.6 Å². The minimum atomic E-state index is -0.321. The molecule has 2 heterocycles. The number of hydrogen-bond acceptors (Lipinski definition) is 4. The van der Waals surface area contributed by atoms with Gasteiger partial charge in [0.1, 0.15) is 5.69 Å². The molecule has 1 aliphatic rings. The zero-order chi connectivity index (χ0) is 19.6. The summed E-state index contributed by atoms with van der Waals surface area (Å²) < 4.78 is 0. The number of benzene rings is 1. The molecule has 0 unspecified atom stereocenters. The summed E-state index contributed by atoms with van der Waals surface area (Å²) in [5.41, 5.74) is 3.14. The van der Waals surface area contributed by atoms with Gasteiger partial charge in [0.2, 0.25) is 0 Å². The van der Waals surface area contributed by atoms with Crippen molar-refractivity contribution >= 4 is 29.1 Å². The molecule has 27 heavy (non-hydrogen) atoms. The van der Waals surface area contributed by atoms with Crippen molar-refractivity contribution in [2.24, 2.45) is 0 Å². The summed E-state index contributed by atoms with van der Waals surface area (Å²) in [7, 11) is 2.03. The van der Waals surface area contributed by atoms with Gasteiger partial charge in [0.05, 0.1) is 10.7 Å². The molecular formula is C20H23ClN4O2. The first-order valence-electron chi connectivity index (χ1n) is 8.87. The van der Waals surface area contributed by atoms with Crippen LogP contribution in [-0.2, 0) is 0 Å². The lowest BCUT2D eigenvalue weighted by Gasteiger charge is -2.32. The molecule has 1 aliphatic heterocycles. The number of amides is 2. The number of aromatic nitrogens is 1. The molecule has 0 spiro atoms. The van der Waals surface area contributed by atoms with E-state index in [9.17, 15) is 9.59 Å². The molecule has 0 atom stereocenters. The van der Waals surface area contributed by atoms with E-state index in [0.29, 0.717) is 29.4 Å². The zero-order valence-electron chi connectivity index (χ0n) is 15.8. The molecule has 1 N–H and O–H groups in total. The molecule has 0 radical (unpaired) electrons. The smallest absolute Gasteiger partial charge is 0.272 e. The summed E-state index contributed by atoms with van der Waals surface area (Å²) in [4.78, 5) is 33.4. The standard InChI is InChI=1S/C20H23ClN4O2/c1-13-10-14(2)18(16(21)11-13)23-19(26)15-4-5-22-17(12-15)20(27)25-8-6-24(3)7-9-25/h4-5,10-12H,6-9H2,1-3H3,(H,23,26). The molecule has 2 amide bonds. The Kier molecular flexibility index (Phi) is 5.77. The summed E-state index contributed by atoms with van der Waals surface area (Å²) in [5, 5.41) is 3.33. The van der Waals surface area contributed by atoms with Gasteiger partial charge < -0.3 is 15.1 Å².